The first kappa shape index (κ1) is 24.6. The van der Waals surface area contributed by atoms with Gasteiger partial charge in [-0.1, -0.05) is 53.5 Å². The molecule has 1 saturated heterocycles. The molecule has 1 unspecified atom stereocenters. The molecule has 1 aliphatic rings. The molecule has 0 saturated carbocycles. The van der Waals surface area contributed by atoms with Gasteiger partial charge in [-0.25, -0.2) is 0 Å². The fourth-order valence-corrected chi connectivity index (χ4v) is 4.50. The molecule has 0 aliphatic carbocycles. The van der Waals surface area contributed by atoms with Crippen LogP contribution < -0.4 is 4.74 Å². The lowest BCUT2D eigenvalue weighted by Gasteiger charge is -2.36. The Morgan fingerprint density at radius 1 is 0.912 bits per heavy atom. The number of hydrogen-bond donors (Lipinski definition) is 0. The van der Waals surface area contributed by atoms with Gasteiger partial charge in [0.05, 0.1) is 19.8 Å². The number of ether oxygens (including phenoxy) is 2. The molecule has 0 bridgehead atoms. The van der Waals surface area contributed by atoms with Crippen LogP contribution in [-0.4, -0.2) is 55.5 Å². The summed E-state index contributed by atoms with van der Waals surface area (Å²) in [4.78, 5) is 17.1. The van der Waals surface area contributed by atoms with Crippen LogP contribution in [-0.2, 0) is 11.3 Å². The van der Waals surface area contributed by atoms with E-state index in [9.17, 15) is 4.79 Å². The van der Waals surface area contributed by atoms with E-state index in [-0.39, 0.29) is 12.0 Å². The van der Waals surface area contributed by atoms with E-state index in [4.69, 9.17) is 32.7 Å². The fourth-order valence-electron chi connectivity index (χ4n) is 4.09. The molecule has 1 heterocycles. The van der Waals surface area contributed by atoms with Crippen molar-refractivity contribution in [2.75, 3.05) is 39.8 Å². The van der Waals surface area contributed by atoms with Crippen LogP contribution in [0.2, 0.25) is 10.0 Å². The van der Waals surface area contributed by atoms with Gasteiger partial charge in [-0.3, -0.25) is 9.69 Å². The van der Waals surface area contributed by atoms with Gasteiger partial charge in [-0.05, 0) is 53.6 Å². The number of carbonyl (C=O) groups is 1. The predicted molar refractivity (Wildman–Crippen MR) is 136 cm³/mol. The highest BCUT2D eigenvalue weighted by molar-refractivity contribution is 6.31. The van der Waals surface area contributed by atoms with Gasteiger partial charge in [0, 0.05) is 48.3 Å². The van der Waals surface area contributed by atoms with Gasteiger partial charge in [-0.15, -0.1) is 0 Å². The van der Waals surface area contributed by atoms with E-state index in [0.29, 0.717) is 41.8 Å². The van der Waals surface area contributed by atoms with Crippen LogP contribution in [0.3, 0.4) is 0 Å². The first-order valence-corrected chi connectivity index (χ1v) is 12.0. The van der Waals surface area contributed by atoms with Crippen molar-refractivity contribution in [3.05, 3.63) is 99.5 Å². The average molecular weight is 499 g/mol. The minimum absolute atomic E-state index is 0.0173. The Morgan fingerprint density at radius 3 is 2.32 bits per heavy atom. The quantitative estimate of drug-likeness (QED) is 0.398. The summed E-state index contributed by atoms with van der Waals surface area (Å²) in [6.45, 7) is 4.03. The standard InChI is InChI=1S/C27H28Cl2N2O3/c1-33-25-10-4-6-21(17-25)26(34-19-20-5-2-8-23(28)15-20)18-30-11-13-31(14-12-30)27(32)22-7-3-9-24(29)16-22/h2-10,15-17,26H,11-14,18-19H2,1H3. The second kappa shape index (κ2) is 11.7. The summed E-state index contributed by atoms with van der Waals surface area (Å²) in [7, 11) is 1.66. The number of benzene rings is 3. The number of hydrogen-bond acceptors (Lipinski definition) is 4. The van der Waals surface area contributed by atoms with E-state index in [1.54, 1.807) is 19.2 Å². The van der Waals surface area contributed by atoms with Crippen LogP contribution in [0.1, 0.15) is 27.6 Å². The average Bonchev–Trinajstić information content (AvgIpc) is 2.86. The Kier molecular flexibility index (Phi) is 8.46. The number of methoxy groups -OCH3 is 1. The van der Waals surface area contributed by atoms with E-state index < -0.39 is 0 Å². The van der Waals surface area contributed by atoms with E-state index in [1.807, 2.05) is 59.5 Å². The summed E-state index contributed by atoms with van der Waals surface area (Å²) in [6, 6.07) is 22.8. The largest absolute Gasteiger partial charge is 0.497 e. The maximum atomic E-state index is 12.9. The Labute approximate surface area is 210 Å². The molecule has 4 rings (SSSR count). The zero-order valence-corrected chi connectivity index (χ0v) is 20.6. The van der Waals surface area contributed by atoms with Crippen molar-refractivity contribution in [3.63, 3.8) is 0 Å². The highest BCUT2D eigenvalue weighted by atomic mass is 35.5. The minimum atomic E-state index is -0.149. The van der Waals surface area contributed by atoms with Gasteiger partial charge in [0.25, 0.3) is 5.91 Å². The molecule has 3 aromatic carbocycles. The third kappa shape index (κ3) is 6.51. The number of nitrogens with zero attached hydrogens (tertiary/aromatic N) is 2. The number of piperazine rings is 1. The first-order chi connectivity index (χ1) is 16.5. The fraction of sp³-hybridized carbons (Fsp3) is 0.296. The summed E-state index contributed by atoms with van der Waals surface area (Å²) in [5, 5.41) is 1.27. The SMILES string of the molecule is COc1cccc(C(CN2CCN(C(=O)c3cccc(Cl)c3)CC2)OCc2cccc(Cl)c2)c1. The van der Waals surface area contributed by atoms with Crippen LogP contribution in [0.15, 0.2) is 72.8 Å². The molecule has 5 nitrogen and oxygen atoms in total. The lowest BCUT2D eigenvalue weighted by molar-refractivity contribution is 0.00333. The third-order valence-electron chi connectivity index (χ3n) is 5.96. The topological polar surface area (TPSA) is 42.0 Å². The third-order valence-corrected chi connectivity index (χ3v) is 6.43. The van der Waals surface area contributed by atoms with E-state index in [1.165, 1.54) is 0 Å². The lowest BCUT2D eigenvalue weighted by atomic mass is 10.1. The summed E-state index contributed by atoms with van der Waals surface area (Å²) in [5.74, 6) is 0.814. The zero-order valence-electron chi connectivity index (χ0n) is 19.1. The number of halogens is 2. The van der Waals surface area contributed by atoms with Crippen LogP contribution in [0.4, 0.5) is 0 Å². The van der Waals surface area contributed by atoms with Crippen LogP contribution >= 0.6 is 23.2 Å². The van der Waals surface area contributed by atoms with Crippen LogP contribution in [0, 0.1) is 0 Å². The molecule has 1 aliphatic heterocycles. The van der Waals surface area contributed by atoms with Crippen molar-refractivity contribution in [2.24, 2.45) is 0 Å². The minimum Gasteiger partial charge on any atom is -0.497 e. The molecule has 3 aromatic rings. The lowest BCUT2D eigenvalue weighted by Crippen LogP contribution is -2.49. The van der Waals surface area contributed by atoms with Crippen molar-refractivity contribution in [3.8, 4) is 5.75 Å². The highest BCUT2D eigenvalue weighted by Gasteiger charge is 2.25. The van der Waals surface area contributed by atoms with Crippen molar-refractivity contribution >= 4 is 29.1 Å². The van der Waals surface area contributed by atoms with Gasteiger partial charge < -0.3 is 14.4 Å². The molecule has 0 spiro atoms. The van der Waals surface area contributed by atoms with Crippen molar-refractivity contribution in [1.82, 2.24) is 9.80 Å². The van der Waals surface area contributed by atoms with Gasteiger partial charge in [0.15, 0.2) is 0 Å². The smallest absolute Gasteiger partial charge is 0.253 e. The number of amides is 1. The van der Waals surface area contributed by atoms with Crippen LogP contribution in [0.25, 0.3) is 0 Å². The molecule has 0 N–H and O–H groups in total. The van der Waals surface area contributed by atoms with Crippen molar-refractivity contribution < 1.29 is 14.3 Å². The van der Waals surface area contributed by atoms with E-state index in [0.717, 1.165) is 30.0 Å². The number of carbonyl (C=O) groups excluding carboxylic acids is 1. The summed E-state index contributed by atoms with van der Waals surface area (Å²) < 4.78 is 11.8. The number of rotatable bonds is 8. The molecule has 1 atom stereocenters. The Bertz CT molecular complexity index is 1120. The van der Waals surface area contributed by atoms with E-state index >= 15 is 0 Å². The Morgan fingerprint density at radius 2 is 1.62 bits per heavy atom. The van der Waals surface area contributed by atoms with Gasteiger partial charge >= 0.3 is 0 Å². The molecule has 178 valence electrons. The monoisotopic (exact) mass is 498 g/mol. The Balaban J connectivity index is 1.41. The maximum absolute atomic E-state index is 12.9. The van der Waals surface area contributed by atoms with Crippen LogP contribution in [0.5, 0.6) is 5.75 Å². The molecule has 0 radical (unpaired) electrons. The van der Waals surface area contributed by atoms with Gasteiger partial charge in [0.2, 0.25) is 0 Å². The van der Waals surface area contributed by atoms with Gasteiger partial charge in [0.1, 0.15) is 5.75 Å². The second-order valence-electron chi connectivity index (χ2n) is 8.31. The predicted octanol–water partition coefficient (Wildman–Crippen LogP) is 5.72. The molecule has 1 fully saturated rings. The van der Waals surface area contributed by atoms with Gasteiger partial charge in [-0.2, -0.15) is 0 Å². The molecule has 1 amide bonds. The van der Waals surface area contributed by atoms with E-state index in [2.05, 4.69) is 11.0 Å². The first-order valence-electron chi connectivity index (χ1n) is 11.3. The normalized spacial score (nSPS) is 15.2. The second-order valence-corrected chi connectivity index (χ2v) is 9.18. The molecule has 0 aromatic heterocycles. The summed E-state index contributed by atoms with van der Waals surface area (Å²) in [5.41, 5.74) is 2.70. The molecular formula is C27H28Cl2N2O3. The molecule has 34 heavy (non-hydrogen) atoms. The zero-order chi connectivity index (χ0) is 23.9. The van der Waals surface area contributed by atoms with Crippen molar-refractivity contribution in [1.29, 1.82) is 0 Å². The summed E-state index contributed by atoms with van der Waals surface area (Å²) in [6.07, 6.45) is -0.149. The summed E-state index contributed by atoms with van der Waals surface area (Å²) >= 11 is 12.2. The van der Waals surface area contributed by atoms with Crippen molar-refractivity contribution in [2.45, 2.75) is 12.7 Å². The Hall–Kier alpha value is -2.57. The molecule has 7 heteroatoms. The maximum Gasteiger partial charge on any atom is 0.253 e. The highest BCUT2D eigenvalue weighted by Crippen LogP contribution is 2.26. The molecular weight excluding hydrogens is 471 g/mol.